The third-order valence-corrected chi connectivity index (χ3v) is 6.08. The summed E-state index contributed by atoms with van der Waals surface area (Å²) in [6, 6.07) is 8.97. The maximum atomic E-state index is 12.6. The van der Waals surface area contributed by atoms with Crippen LogP contribution in [0, 0.1) is 0 Å². The molecular weight excluding hydrogens is 312 g/mol. The van der Waals surface area contributed by atoms with Crippen molar-refractivity contribution in [2.24, 2.45) is 0 Å². The first kappa shape index (κ1) is 18.4. The summed E-state index contributed by atoms with van der Waals surface area (Å²) in [7, 11) is -1.57. The fraction of sp³-hybridized carbons (Fsp3) is 0.647. The van der Waals surface area contributed by atoms with Crippen LogP contribution in [-0.4, -0.2) is 51.5 Å². The van der Waals surface area contributed by atoms with Gasteiger partial charge >= 0.3 is 0 Å². The van der Waals surface area contributed by atoms with Crippen molar-refractivity contribution >= 4 is 9.84 Å². The van der Waals surface area contributed by atoms with Gasteiger partial charge < -0.3 is 4.74 Å². The summed E-state index contributed by atoms with van der Waals surface area (Å²) in [5.41, 5.74) is 3.45. The molecule has 1 aliphatic heterocycles. The summed E-state index contributed by atoms with van der Waals surface area (Å²) < 4.78 is 30.5. The highest BCUT2D eigenvalue weighted by molar-refractivity contribution is 7.91. The molecule has 6 heteroatoms. The predicted molar refractivity (Wildman–Crippen MR) is 91.9 cm³/mol. The molecule has 0 spiro atoms. The molecule has 2 rings (SSSR count). The number of nitrogens with one attached hydrogen (secondary N) is 1. The van der Waals surface area contributed by atoms with Crippen molar-refractivity contribution in [1.29, 1.82) is 0 Å². The molecule has 0 aromatic heterocycles. The van der Waals surface area contributed by atoms with Crippen LogP contribution in [0.25, 0.3) is 0 Å². The fourth-order valence-corrected chi connectivity index (χ4v) is 4.66. The summed E-state index contributed by atoms with van der Waals surface area (Å²) in [4.78, 5) is 0.401. The first-order chi connectivity index (χ1) is 11.1. The molecule has 1 aromatic rings. The van der Waals surface area contributed by atoms with Gasteiger partial charge in [0.1, 0.15) is 0 Å². The van der Waals surface area contributed by atoms with Gasteiger partial charge in [0, 0.05) is 25.7 Å². The summed E-state index contributed by atoms with van der Waals surface area (Å²) in [5, 5.41) is 2.17. The Hall–Kier alpha value is -0.950. The van der Waals surface area contributed by atoms with Crippen molar-refractivity contribution in [2.75, 3.05) is 26.0 Å². The molecule has 1 N–H and O–H groups in total. The van der Waals surface area contributed by atoms with Gasteiger partial charge in [-0.1, -0.05) is 31.5 Å². The number of hydrogen-bond acceptors (Lipinski definition) is 5. The molecule has 2 atom stereocenters. The quantitative estimate of drug-likeness (QED) is 0.747. The molecule has 23 heavy (non-hydrogen) atoms. The Bertz CT molecular complexity index is 562. The number of sulfone groups is 1. The lowest BCUT2D eigenvalue weighted by atomic mass is 10.2. The van der Waals surface area contributed by atoms with E-state index in [4.69, 9.17) is 4.74 Å². The summed E-state index contributed by atoms with van der Waals surface area (Å²) in [5.74, 6) is 0.126. The Morgan fingerprint density at radius 3 is 2.74 bits per heavy atom. The highest BCUT2D eigenvalue weighted by atomic mass is 32.2. The third kappa shape index (κ3) is 5.28. The molecule has 0 aliphatic carbocycles. The zero-order chi connectivity index (χ0) is 16.7. The molecule has 1 aromatic carbocycles. The van der Waals surface area contributed by atoms with Crippen LogP contribution in [0.4, 0.5) is 0 Å². The van der Waals surface area contributed by atoms with Crippen molar-refractivity contribution in [1.82, 2.24) is 10.4 Å². The monoisotopic (exact) mass is 340 g/mol. The maximum Gasteiger partial charge on any atom is 0.179 e. The second-order valence-corrected chi connectivity index (χ2v) is 8.19. The molecule has 0 radical (unpaired) electrons. The number of nitrogens with zero attached hydrogens (tertiary/aromatic N) is 1. The largest absolute Gasteiger partial charge is 0.383 e. The van der Waals surface area contributed by atoms with Crippen molar-refractivity contribution in [3.8, 4) is 0 Å². The smallest absolute Gasteiger partial charge is 0.179 e. The van der Waals surface area contributed by atoms with E-state index >= 15 is 0 Å². The second kappa shape index (κ2) is 8.78. The summed E-state index contributed by atoms with van der Waals surface area (Å²) in [6.07, 6.45) is 3.99. The van der Waals surface area contributed by atoms with E-state index < -0.39 is 9.84 Å². The van der Waals surface area contributed by atoms with E-state index in [0.717, 1.165) is 32.2 Å². The minimum atomic E-state index is -3.27. The lowest BCUT2D eigenvalue weighted by Crippen LogP contribution is -2.50. The Balaban J connectivity index is 2.04. The summed E-state index contributed by atoms with van der Waals surface area (Å²) >= 11 is 0. The minimum absolute atomic E-state index is 0.0670. The first-order valence-electron chi connectivity index (χ1n) is 8.36. The molecule has 1 saturated heterocycles. The van der Waals surface area contributed by atoms with E-state index in [1.807, 2.05) is 6.07 Å². The third-order valence-electron chi connectivity index (χ3n) is 4.24. The number of benzene rings is 1. The van der Waals surface area contributed by atoms with E-state index in [9.17, 15) is 8.42 Å². The maximum absolute atomic E-state index is 12.6. The molecule has 130 valence electrons. The summed E-state index contributed by atoms with van der Waals surface area (Å²) in [6.45, 7) is 3.71. The topological polar surface area (TPSA) is 58.6 Å². The average molecular weight is 340 g/mol. The van der Waals surface area contributed by atoms with Gasteiger partial charge in [0.25, 0.3) is 0 Å². The Morgan fingerprint density at radius 2 is 2.09 bits per heavy atom. The number of methoxy groups -OCH3 is 1. The Kier molecular flexibility index (Phi) is 7.02. The number of hydrazine groups is 1. The van der Waals surface area contributed by atoms with Crippen LogP contribution < -0.4 is 5.43 Å². The molecule has 1 fully saturated rings. The lowest BCUT2D eigenvalue weighted by molar-refractivity contribution is 0.0723. The Morgan fingerprint density at radius 1 is 1.35 bits per heavy atom. The van der Waals surface area contributed by atoms with Gasteiger partial charge in [-0.2, -0.15) is 0 Å². The van der Waals surface area contributed by atoms with Crippen molar-refractivity contribution in [3.05, 3.63) is 30.3 Å². The molecule has 1 heterocycles. The van der Waals surface area contributed by atoms with Crippen LogP contribution in [-0.2, 0) is 14.6 Å². The molecular formula is C17H28N2O3S. The van der Waals surface area contributed by atoms with Crippen LogP contribution in [0.2, 0.25) is 0 Å². The van der Waals surface area contributed by atoms with E-state index in [0.29, 0.717) is 17.5 Å². The molecule has 0 bridgehead atoms. The predicted octanol–water partition coefficient (Wildman–Crippen LogP) is 2.24. The van der Waals surface area contributed by atoms with E-state index in [2.05, 4.69) is 17.4 Å². The van der Waals surface area contributed by atoms with E-state index in [1.54, 1.807) is 31.4 Å². The minimum Gasteiger partial charge on any atom is -0.383 e. The van der Waals surface area contributed by atoms with Crippen molar-refractivity contribution < 1.29 is 13.2 Å². The van der Waals surface area contributed by atoms with Crippen molar-refractivity contribution in [2.45, 2.75) is 49.6 Å². The number of rotatable bonds is 9. The molecule has 1 aliphatic rings. The zero-order valence-electron chi connectivity index (χ0n) is 14.1. The van der Waals surface area contributed by atoms with Crippen LogP contribution in [0.1, 0.15) is 32.6 Å². The van der Waals surface area contributed by atoms with E-state index in [-0.39, 0.29) is 11.8 Å². The van der Waals surface area contributed by atoms with E-state index in [1.165, 1.54) is 0 Å². The highest BCUT2D eigenvalue weighted by Crippen LogP contribution is 2.18. The van der Waals surface area contributed by atoms with Crippen LogP contribution >= 0.6 is 0 Å². The molecule has 0 unspecified atom stereocenters. The lowest BCUT2D eigenvalue weighted by Gasteiger charge is -2.30. The van der Waals surface area contributed by atoms with Gasteiger partial charge in [0.05, 0.1) is 17.3 Å². The van der Waals surface area contributed by atoms with Gasteiger partial charge in [0.15, 0.2) is 9.84 Å². The average Bonchev–Trinajstić information content (AvgIpc) is 2.95. The molecule has 0 amide bonds. The first-order valence-corrected chi connectivity index (χ1v) is 10.0. The molecule has 0 saturated carbocycles. The zero-order valence-corrected chi connectivity index (χ0v) is 14.9. The van der Waals surface area contributed by atoms with Gasteiger partial charge in [0.2, 0.25) is 0 Å². The Labute approximate surface area is 139 Å². The van der Waals surface area contributed by atoms with Gasteiger partial charge in [-0.25, -0.2) is 13.4 Å². The molecule has 5 nitrogen and oxygen atoms in total. The van der Waals surface area contributed by atoms with Crippen LogP contribution in [0.15, 0.2) is 35.2 Å². The normalized spacial score (nSPS) is 20.7. The van der Waals surface area contributed by atoms with Crippen LogP contribution in [0.5, 0.6) is 0 Å². The fourth-order valence-electron chi connectivity index (χ4n) is 3.13. The standard InChI is InChI=1S/C17H28N2O3S/c1-3-8-15(18-19-12-7-9-16(19)13-22-2)14-23(20,21)17-10-5-4-6-11-17/h4-6,10-11,15-16,18H,3,7-9,12-14H2,1-2H3/t15-,16+/m1/s1. The second-order valence-electron chi connectivity index (χ2n) is 6.15. The van der Waals surface area contributed by atoms with Gasteiger partial charge in [-0.3, -0.25) is 5.43 Å². The van der Waals surface area contributed by atoms with Crippen molar-refractivity contribution in [3.63, 3.8) is 0 Å². The van der Waals surface area contributed by atoms with Gasteiger partial charge in [-0.15, -0.1) is 0 Å². The van der Waals surface area contributed by atoms with Gasteiger partial charge in [-0.05, 0) is 31.4 Å². The SMILES string of the molecule is CCC[C@H](CS(=O)(=O)c1ccccc1)NN1CCC[C@H]1COC. The number of hydrogen-bond donors (Lipinski definition) is 1. The van der Waals surface area contributed by atoms with Crippen LogP contribution in [0.3, 0.4) is 0 Å². The number of ether oxygens (including phenoxy) is 1. The highest BCUT2D eigenvalue weighted by Gasteiger charge is 2.28.